The van der Waals surface area contributed by atoms with E-state index in [4.69, 9.17) is 0 Å². The number of carbonyl (C=O) groups excluding carboxylic acids is 1. The van der Waals surface area contributed by atoms with Gasteiger partial charge >= 0.3 is 0 Å². The first kappa shape index (κ1) is 13.0. The Labute approximate surface area is 110 Å². The third-order valence-corrected chi connectivity index (χ3v) is 2.66. The Morgan fingerprint density at radius 2 is 1.84 bits per heavy atom. The van der Waals surface area contributed by atoms with E-state index in [1.807, 2.05) is 19.1 Å². The molecule has 1 N–H and O–H groups in total. The summed E-state index contributed by atoms with van der Waals surface area (Å²) in [7, 11) is 0. The minimum atomic E-state index is -0.378. The molecule has 0 aromatic heterocycles. The molecule has 4 heteroatoms. The smallest absolute Gasteiger partial charge is 0.267 e. The van der Waals surface area contributed by atoms with E-state index in [0.717, 1.165) is 5.56 Å². The second kappa shape index (κ2) is 5.91. The summed E-state index contributed by atoms with van der Waals surface area (Å²) >= 11 is 0. The molecule has 0 unspecified atom stereocenters. The van der Waals surface area contributed by atoms with Gasteiger partial charge in [-0.05, 0) is 24.6 Å². The summed E-state index contributed by atoms with van der Waals surface area (Å²) < 4.78 is 13.3. The van der Waals surface area contributed by atoms with E-state index in [-0.39, 0.29) is 11.7 Å². The van der Waals surface area contributed by atoms with Gasteiger partial charge in [0.05, 0.1) is 6.21 Å². The summed E-state index contributed by atoms with van der Waals surface area (Å²) in [5, 5.41) is 3.76. The summed E-state index contributed by atoms with van der Waals surface area (Å²) in [6.07, 6.45) is 1.28. The molecule has 96 valence electrons. The van der Waals surface area contributed by atoms with Gasteiger partial charge in [0.1, 0.15) is 5.82 Å². The van der Waals surface area contributed by atoms with Gasteiger partial charge in [0.25, 0.3) is 5.91 Å². The Bertz CT molecular complexity index is 623. The van der Waals surface area contributed by atoms with Gasteiger partial charge in [-0.25, -0.2) is 9.82 Å². The van der Waals surface area contributed by atoms with Crippen LogP contribution in [-0.4, -0.2) is 12.1 Å². The molecule has 3 nitrogen and oxygen atoms in total. The number of carbonyl (C=O) groups is 1. The summed E-state index contributed by atoms with van der Waals surface area (Å²) in [4.78, 5) is 11.8. The molecule has 0 saturated carbocycles. The second-order valence-electron chi connectivity index (χ2n) is 4.04. The fourth-order valence-electron chi connectivity index (χ4n) is 1.63. The Morgan fingerprint density at radius 1 is 1.16 bits per heavy atom. The van der Waals surface area contributed by atoms with Gasteiger partial charge < -0.3 is 0 Å². The van der Waals surface area contributed by atoms with Gasteiger partial charge in [-0.3, -0.25) is 4.79 Å². The Morgan fingerprint density at radius 3 is 2.58 bits per heavy atom. The average Bonchev–Trinajstić information content (AvgIpc) is 2.41. The first-order chi connectivity index (χ1) is 9.18. The van der Waals surface area contributed by atoms with Gasteiger partial charge in [-0.2, -0.15) is 5.10 Å². The van der Waals surface area contributed by atoms with Crippen molar-refractivity contribution in [3.63, 3.8) is 0 Å². The Hall–Kier alpha value is -2.49. The Kier molecular flexibility index (Phi) is 4.03. The van der Waals surface area contributed by atoms with Crippen LogP contribution >= 0.6 is 0 Å². The number of rotatable bonds is 3. The lowest BCUT2D eigenvalue weighted by Gasteiger charge is -2.03. The molecule has 0 bridgehead atoms. The molecule has 2 aromatic carbocycles. The maximum atomic E-state index is 13.3. The highest BCUT2D eigenvalue weighted by Gasteiger charge is 2.06. The van der Waals surface area contributed by atoms with Gasteiger partial charge in [0.15, 0.2) is 0 Å². The molecule has 0 saturated heterocycles. The highest BCUT2D eigenvalue weighted by Crippen LogP contribution is 2.06. The van der Waals surface area contributed by atoms with Crippen LogP contribution in [0.25, 0.3) is 0 Å². The molecule has 1 amide bonds. The van der Waals surface area contributed by atoms with Crippen molar-refractivity contribution in [1.29, 1.82) is 0 Å². The van der Waals surface area contributed by atoms with Crippen LogP contribution in [0.3, 0.4) is 0 Å². The fraction of sp³-hybridized carbons (Fsp3) is 0.0667. The lowest BCUT2D eigenvalue weighted by Crippen LogP contribution is -2.18. The number of amides is 1. The molecule has 0 aliphatic rings. The van der Waals surface area contributed by atoms with E-state index >= 15 is 0 Å². The maximum absolute atomic E-state index is 13.3. The minimum Gasteiger partial charge on any atom is -0.267 e. The number of aryl methyl sites for hydroxylation is 1. The number of nitrogens with zero attached hydrogens (tertiary/aromatic N) is 1. The van der Waals surface area contributed by atoms with E-state index < -0.39 is 0 Å². The van der Waals surface area contributed by atoms with E-state index in [0.29, 0.717) is 11.1 Å². The molecule has 2 aromatic rings. The normalized spacial score (nSPS) is 10.6. The van der Waals surface area contributed by atoms with Crippen molar-refractivity contribution in [3.05, 3.63) is 71.0 Å². The number of hydrogen-bond donors (Lipinski definition) is 1. The van der Waals surface area contributed by atoms with Crippen LogP contribution in [0.4, 0.5) is 4.39 Å². The average molecular weight is 256 g/mol. The summed E-state index contributed by atoms with van der Waals surface area (Å²) in [5.41, 5.74) is 4.12. The van der Waals surface area contributed by atoms with Crippen molar-refractivity contribution in [1.82, 2.24) is 5.43 Å². The van der Waals surface area contributed by atoms with Crippen molar-refractivity contribution in [3.8, 4) is 0 Å². The number of hydrogen-bond acceptors (Lipinski definition) is 2. The third-order valence-electron chi connectivity index (χ3n) is 2.66. The summed E-state index contributed by atoms with van der Waals surface area (Å²) in [5.74, 6) is -0.693. The van der Waals surface area contributed by atoms with E-state index in [9.17, 15) is 9.18 Å². The van der Waals surface area contributed by atoms with Crippen molar-refractivity contribution >= 4 is 12.1 Å². The molecular formula is C15H13FN2O. The van der Waals surface area contributed by atoms with Crippen molar-refractivity contribution < 1.29 is 9.18 Å². The monoisotopic (exact) mass is 256 g/mol. The SMILES string of the molecule is Cc1ccccc1C(=O)N/N=C/c1ccccc1F. The number of nitrogens with one attached hydrogen (secondary N) is 1. The predicted octanol–water partition coefficient (Wildman–Crippen LogP) is 2.90. The Balaban J connectivity index is 2.06. The van der Waals surface area contributed by atoms with Crippen molar-refractivity contribution in [2.45, 2.75) is 6.92 Å². The van der Waals surface area contributed by atoms with Crippen LogP contribution in [0, 0.1) is 12.7 Å². The molecule has 0 heterocycles. The molecule has 0 aliphatic carbocycles. The zero-order chi connectivity index (χ0) is 13.7. The third kappa shape index (κ3) is 3.25. The lowest BCUT2D eigenvalue weighted by molar-refractivity contribution is 0.0954. The van der Waals surface area contributed by atoms with Crippen LogP contribution in [0.1, 0.15) is 21.5 Å². The fourth-order valence-corrected chi connectivity index (χ4v) is 1.63. The molecular weight excluding hydrogens is 243 g/mol. The van der Waals surface area contributed by atoms with Crippen LogP contribution in [0.15, 0.2) is 53.6 Å². The van der Waals surface area contributed by atoms with Gasteiger partial charge in [0.2, 0.25) is 0 Å². The molecule has 0 fully saturated rings. The highest BCUT2D eigenvalue weighted by atomic mass is 19.1. The highest BCUT2D eigenvalue weighted by molar-refractivity contribution is 5.96. The quantitative estimate of drug-likeness (QED) is 0.665. The topological polar surface area (TPSA) is 41.5 Å². The van der Waals surface area contributed by atoms with Crippen LogP contribution in [0.2, 0.25) is 0 Å². The van der Waals surface area contributed by atoms with Gasteiger partial charge in [0, 0.05) is 11.1 Å². The first-order valence-electron chi connectivity index (χ1n) is 5.82. The number of hydrazone groups is 1. The first-order valence-corrected chi connectivity index (χ1v) is 5.82. The zero-order valence-electron chi connectivity index (χ0n) is 10.4. The standard InChI is InChI=1S/C15H13FN2O/c1-11-6-2-4-8-13(11)15(19)18-17-10-12-7-3-5-9-14(12)16/h2-10H,1H3,(H,18,19)/b17-10+. The van der Waals surface area contributed by atoms with E-state index in [1.165, 1.54) is 12.3 Å². The van der Waals surface area contributed by atoms with Crippen molar-refractivity contribution in [2.75, 3.05) is 0 Å². The molecule has 2 rings (SSSR count). The second-order valence-corrected chi connectivity index (χ2v) is 4.04. The maximum Gasteiger partial charge on any atom is 0.271 e. The van der Waals surface area contributed by atoms with Gasteiger partial charge in [-0.1, -0.05) is 36.4 Å². The van der Waals surface area contributed by atoms with Gasteiger partial charge in [-0.15, -0.1) is 0 Å². The molecule has 0 spiro atoms. The summed E-state index contributed by atoms with van der Waals surface area (Å²) in [6, 6.07) is 13.4. The molecule has 19 heavy (non-hydrogen) atoms. The molecule has 0 atom stereocenters. The zero-order valence-corrected chi connectivity index (χ0v) is 10.4. The lowest BCUT2D eigenvalue weighted by atomic mass is 10.1. The molecule has 0 aliphatic heterocycles. The molecule has 0 radical (unpaired) electrons. The van der Waals surface area contributed by atoms with Crippen LogP contribution < -0.4 is 5.43 Å². The number of halogens is 1. The largest absolute Gasteiger partial charge is 0.271 e. The van der Waals surface area contributed by atoms with Crippen LogP contribution in [-0.2, 0) is 0 Å². The summed E-state index contributed by atoms with van der Waals surface area (Å²) in [6.45, 7) is 1.84. The van der Waals surface area contributed by atoms with E-state index in [2.05, 4.69) is 10.5 Å². The van der Waals surface area contributed by atoms with E-state index in [1.54, 1.807) is 30.3 Å². The minimum absolute atomic E-state index is 0.314. The van der Waals surface area contributed by atoms with Crippen molar-refractivity contribution in [2.24, 2.45) is 5.10 Å². The van der Waals surface area contributed by atoms with Crippen LogP contribution in [0.5, 0.6) is 0 Å². The number of benzene rings is 2. The predicted molar refractivity (Wildman–Crippen MR) is 72.6 cm³/mol.